The predicted molar refractivity (Wildman–Crippen MR) is 81.1 cm³/mol. The highest BCUT2D eigenvalue weighted by Crippen LogP contribution is 2.17. The molecule has 1 aromatic rings. The molecule has 0 spiro atoms. The van der Waals surface area contributed by atoms with Crippen LogP contribution in [0.2, 0.25) is 0 Å². The summed E-state index contributed by atoms with van der Waals surface area (Å²) in [5.74, 6) is 0.852. The van der Waals surface area contributed by atoms with Crippen molar-refractivity contribution in [3.05, 3.63) is 17.5 Å². The van der Waals surface area contributed by atoms with Gasteiger partial charge in [-0.1, -0.05) is 6.92 Å². The van der Waals surface area contributed by atoms with E-state index in [0.717, 1.165) is 49.9 Å². The van der Waals surface area contributed by atoms with Crippen molar-refractivity contribution >= 4 is 5.95 Å². The number of β-amino-alcohol motifs (C(OH)–C–C–N with tert-alkyl or cyclic N) is 1. The van der Waals surface area contributed by atoms with Crippen LogP contribution in [0.25, 0.3) is 0 Å². The lowest BCUT2D eigenvalue weighted by Gasteiger charge is -2.40. The molecule has 0 aliphatic carbocycles. The summed E-state index contributed by atoms with van der Waals surface area (Å²) in [6.07, 6.45) is 0.666. The third-order valence-electron chi connectivity index (χ3n) is 3.80. The van der Waals surface area contributed by atoms with Crippen LogP contribution in [0.1, 0.15) is 32.2 Å². The fourth-order valence-corrected chi connectivity index (χ4v) is 2.73. The van der Waals surface area contributed by atoms with Gasteiger partial charge in [0.25, 0.3) is 0 Å². The minimum Gasteiger partial charge on any atom is -0.392 e. The molecule has 2 atom stereocenters. The van der Waals surface area contributed by atoms with E-state index < -0.39 is 0 Å². The lowest BCUT2D eigenvalue weighted by molar-refractivity contribution is 0.0957. The van der Waals surface area contributed by atoms with Gasteiger partial charge in [-0.2, -0.15) is 0 Å². The van der Waals surface area contributed by atoms with E-state index in [1.807, 2.05) is 13.8 Å². The average Bonchev–Trinajstić information content (AvgIpc) is 2.39. The van der Waals surface area contributed by atoms with Gasteiger partial charge in [-0.05, 0) is 33.3 Å². The topological polar surface area (TPSA) is 52.5 Å². The minimum absolute atomic E-state index is 0.272. The maximum absolute atomic E-state index is 9.53. The molecule has 2 rings (SSSR count). The van der Waals surface area contributed by atoms with Gasteiger partial charge in [-0.3, -0.25) is 4.90 Å². The van der Waals surface area contributed by atoms with Crippen LogP contribution in [0.3, 0.4) is 0 Å². The number of aromatic nitrogens is 2. The third-order valence-corrected chi connectivity index (χ3v) is 3.80. The molecule has 1 fully saturated rings. The molecule has 5 nitrogen and oxygen atoms in total. The first kappa shape index (κ1) is 15.2. The van der Waals surface area contributed by atoms with E-state index in [4.69, 9.17) is 0 Å². The second kappa shape index (κ2) is 6.50. The van der Waals surface area contributed by atoms with Crippen LogP contribution in [0.15, 0.2) is 6.07 Å². The van der Waals surface area contributed by atoms with Crippen LogP contribution >= 0.6 is 0 Å². The molecule has 112 valence electrons. The molecule has 1 aliphatic heterocycles. The standard InChI is InChI=1S/C15H26N4O/c1-5-14-8-11(2)16-15(17-14)19-7-6-18(10-13(4)20)12(3)9-19/h8,12-13,20H,5-7,9-10H2,1-4H3. The molecule has 0 aromatic carbocycles. The predicted octanol–water partition coefficient (Wildman–Crippen LogP) is 1.24. The summed E-state index contributed by atoms with van der Waals surface area (Å²) < 4.78 is 0. The quantitative estimate of drug-likeness (QED) is 0.898. The van der Waals surface area contributed by atoms with Gasteiger partial charge in [-0.15, -0.1) is 0 Å². The van der Waals surface area contributed by atoms with Crippen LogP contribution < -0.4 is 4.90 Å². The molecule has 2 heterocycles. The Bertz CT molecular complexity index is 449. The average molecular weight is 278 g/mol. The van der Waals surface area contributed by atoms with Gasteiger partial charge in [-0.25, -0.2) is 9.97 Å². The summed E-state index contributed by atoms with van der Waals surface area (Å²) in [4.78, 5) is 13.8. The molecule has 0 amide bonds. The second-order valence-electron chi connectivity index (χ2n) is 5.79. The number of aryl methyl sites for hydroxylation is 2. The van der Waals surface area contributed by atoms with E-state index >= 15 is 0 Å². The van der Waals surface area contributed by atoms with Crippen molar-refractivity contribution in [3.63, 3.8) is 0 Å². The number of rotatable bonds is 4. The number of hydrogen-bond donors (Lipinski definition) is 1. The molecule has 0 radical (unpaired) electrons. The van der Waals surface area contributed by atoms with Gasteiger partial charge in [0, 0.05) is 43.6 Å². The molecule has 0 bridgehead atoms. The van der Waals surface area contributed by atoms with E-state index in [9.17, 15) is 5.11 Å². The summed E-state index contributed by atoms with van der Waals surface area (Å²) in [6.45, 7) is 11.7. The van der Waals surface area contributed by atoms with Crippen molar-refractivity contribution in [2.75, 3.05) is 31.1 Å². The highest BCUT2D eigenvalue weighted by Gasteiger charge is 2.26. The SMILES string of the molecule is CCc1cc(C)nc(N2CCN(CC(C)O)C(C)C2)n1. The number of aliphatic hydroxyl groups is 1. The molecule has 20 heavy (non-hydrogen) atoms. The summed E-state index contributed by atoms with van der Waals surface area (Å²) in [7, 11) is 0. The molecule has 1 aromatic heterocycles. The molecule has 5 heteroatoms. The van der Waals surface area contributed by atoms with Crippen molar-refractivity contribution in [1.29, 1.82) is 0 Å². The van der Waals surface area contributed by atoms with Gasteiger partial charge >= 0.3 is 0 Å². The number of aliphatic hydroxyl groups excluding tert-OH is 1. The maximum atomic E-state index is 9.53. The van der Waals surface area contributed by atoms with E-state index in [-0.39, 0.29) is 6.10 Å². The number of piperazine rings is 1. The summed E-state index contributed by atoms with van der Waals surface area (Å²) in [5.41, 5.74) is 2.14. The summed E-state index contributed by atoms with van der Waals surface area (Å²) >= 11 is 0. The fraction of sp³-hybridized carbons (Fsp3) is 0.733. The van der Waals surface area contributed by atoms with Crippen LogP contribution in [-0.2, 0) is 6.42 Å². The first-order valence-electron chi connectivity index (χ1n) is 7.51. The van der Waals surface area contributed by atoms with Crippen LogP contribution in [0.5, 0.6) is 0 Å². The Balaban J connectivity index is 2.07. The summed E-state index contributed by atoms with van der Waals surface area (Å²) in [5, 5.41) is 9.53. The Morgan fingerprint density at radius 3 is 2.75 bits per heavy atom. The molecular formula is C15H26N4O. The Kier molecular flexibility index (Phi) is 4.94. The maximum Gasteiger partial charge on any atom is 0.225 e. The zero-order valence-corrected chi connectivity index (χ0v) is 13.0. The van der Waals surface area contributed by atoms with E-state index in [0.29, 0.717) is 6.04 Å². The summed E-state index contributed by atoms with van der Waals surface area (Å²) in [6, 6.07) is 2.46. The Labute approximate surface area is 121 Å². The van der Waals surface area contributed by atoms with Gasteiger partial charge in [0.05, 0.1) is 6.10 Å². The molecule has 1 N–H and O–H groups in total. The molecule has 0 saturated carbocycles. The fourth-order valence-electron chi connectivity index (χ4n) is 2.73. The molecular weight excluding hydrogens is 252 g/mol. The highest BCUT2D eigenvalue weighted by molar-refractivity contribution is 5.33. The van der Waals surface area contributed by atoms with Gasteiger partial charge in [0.15, 0.2) is 0 Å². The van der Waals surface area contributed by atoms with Crippen molar-refractivity contribution in [2.24, 2.45) is 0 Å². The van der Waals surface area contributed by atoms with E-state index in [1.165, 1.54) is 0 Å². The van der Waals surface area contributed by atoms with Gasteiger partial charge in [0.2, 0.25) is 5.95 Å². The smallest absolute Gasteiger partial charge is 0.225 e. The van der Waals surface area contributed by atoms with E-state index in [2.05, 4.69) is 39.7 Å². The zero-order chi connectivity index (χ0) is 14.7. The second-order valence-corrected chi connectivity index (χ2v) is 5.79. The molecule has 1 aliphatic rings. The number of nitrogens with zero attached hydrogens (tertiary/aromatic N) is 4. The van der Waals surface area contributed by atoms with Crippen molar-refractivity contribution in [1.82, 2.24) is 14.9 Å². The first-order valence-corrected chi connectivity index (χ1v) is 7.51. The van der Waals surface area contributed by atoms with E-state index in [1.54, 1.807) is 0 Å². The lowest BCUT2D eigenvalue weighted by Crippen LogP contribution is -2.54. The van der Waals surface area contributed by atoms with Crippen LogP contribution in [0, 0.1) is 6.92 Å². The highest BCUT2D eigenvalue weighted by atomic mass is 16.3. The van der Waals surface area contributed by atoms with Gasteiger partial charge < -0.3 is 10.0 Å². The first-order chi connectivity index (χ1) is 9.49. The minimum atomic E-state index is -0.272. The monoisotopic (exact) mass is 278 g/mol. The van der Waals surface area contributed by atoms with Crippen molar-refractivity contribution < 1.29 is 5.11 Å². The molecule has 1 saturated heterocycles. The number of anilines is 1. The van der Waals surface area contributed by atoms with Crippen LogP contribution in [0.4, 0.5) is 5.95 Å². The normalized spacial score (nSPS) is 22.1. The Hall–Kier alpha value is -1.20. The third kappa shape index (κ3) is 3.67. The Morgan fingerprint density at radius 2 is 2.15 bits per heavy atom. The molecule has 2 unspecified atom stereocenters. The zero-order valence-electron chi connectivity index (χ0n) is 13.0. The van der Waals surface area contributed by atoms with Gasteiger partial charge in [0.1, 0.15) is 0 Å². The van der Waals surface area contributed by atoms with Crippen LogP contribution in [-0.4, -0.2) is 58.3 Å². The van der Waals surface area contributed by atoms with Crippen molar-refractivity contribution in [3.8, 4) is 0 Å². The largest absolute Gasteiger partial charge is 0.392 e. The Morgan fingerprint density at radius 1 is 1.40 bits per heavy atom. The van der Waals surface area contributed by atoms with Crippen molar-refractivity contribution in [2.45, 2.75) is 46.3 Å². The number of hydrogen-bond acceptors (Lipinski definition) is 5. The lowest BCUT2D eigenvalue weighted by atomic mass is 10.2.